The molecule has 100 valence electrons. The van der Waals surface area contributed by atoms with Crippen LogP contribution in [0.1, 0.15) is 58.1 Å². The minimum atomic E-state index is -0.104. The Balaban J connectivity index is 1.99. The van der Waals surface area contributed by atoms with Crippen molar-refractivity contribution in [3.63, 3.8) is 0 Å². The van der Waals surface area contributed by atoms with E-state index in [9.17, 15) is 4.39 Å². The fraction of sp³-hybridized carbons (Fsp3) is 0.625. The van der Waals surface area contributed by atoms with Crippen molar-refractivity contribution < 1.29 is 4.39 Å². The maximum atomic E-state index is 13.7. The maximum Gasteiger partial charge on any atom is 0.127 e. The maximum absolute atomic E-state index is 13.7. The topological polar surface area (TPSA) is 12.0 Å². The van der Waals surface area contributed by atoms with Crippen molar-refractivity contribution in [2.24, 2.45) is 5.41 Å². The van der Waals surface area contributed by atoms with Gasteiger partial charge in [0, 0.05) is 17.6 Å². The molecule has 0 heterocycles. The van der Waals surface area contributed by atoms with E-state index in [1.807, 2.05) is 12.1 Å². The van der Waals surface area contributed by atoms with Gasteiger partial charge in [0.25, 0.3) is 0 Å². The van der Waals surface area contributed by atoms with Crippen LogP contribution in [0.3, 0.4) is 0 Å². The second-order valence-corrected chi connectivity index (χ2v) is 6.37. The number of rotatable bonds is 3. The second-order valence-electron chi connectivity index (χ2n) is 6.37. The quantitative estimate of drug-likeness (QED) is 0.834. The fourth-order valence-corrected chi connectivity index (χ4v) is 3.11. The summed E-state index contributed by atoms with van der Waals surface area (Å²) in [5.74, 6) is -0.104. The molecule has 1 aromatic carbocycles. The van der Waals surface area contributed by atoms with E-state index in [2.05, 4.69) is 26.1 Å². The first-order valence-electron chi connectivity index (χ1n) is 6.98. The molecule has 0 spiro atoms. The molecular weight excluding hydrogens is 225 g/mol. The average molecular weight is 249 g/mol. The van der Waals surface area contributed by atoms with Crippen LogP contribution in [0.2, 0.25) is 0 Å². The van der Waals surface area contributed by atoms with Crippen LogP contribution in [0.15, 0.2) is 24.3 Å². The van der Waals surface area contributed by atoms with Crippen LogP contribution < -0.4 is 5.32 Å². The molecule has 1 saturated carbocycles. The molecule has 0 saturated heterocycles. The molecule has 0 aliphatic heterocycles. The van der Waals surface area contributed by atoms with Crippen LogP contribution in [-0.2, 0) is 0 Å². The molecule has 1 aliphatic rings. The Morgan fingerprint density at radius 3 is 2.72 bits per heavy atom. The number of nitrogens with one attached hydrogen (secondary N) is 1. The van der Waals surface area contributed by atoms with E-state index in [0.29, 0.717) is 11.5 Å². The van der Waals surface area contributed by atoms with Gasteiger partial charge in [-0.05, 0) is 37.7 Å². The lowest BCUT2D eigenvalue weighted by atomic mass is 9.75. The molecule has 2 rings (SSSR count). The molecule has 0 radical (unpaired) electrons. The zero-order chi connectivity index (χ0) is 13.2. The molecule has 2 heteroatoms. The first-order valence-corrected chi connectivity index (χ1v) is 6.98. The Morgan fingerprint density at radius 1 is 1.33 bits per heavy atom. The zero-order valence-corrected chi connectivity index (χ0v) is 11.7. The van der Waals surface area contributed by atoms with Crippen molar-refractivity contribution in [2.75, 3.05) is 0 Å². The summed E-state index contributed by atoms with van der Waals surface area (Å²) in [6, 6.07) is 7.67. The molecule has 2 atom stereocenters. The van der Waals surface area contributed by atoms with E-state index in [1.54, 1.807) is 12.1 Å². The highest BCUT2D eigenvalue weighted by Gasteiger charge is 2.28. The van der Waals surface area contributed by atoms with Gasteiger partial charge in [0.2, 0.25) is 0 Å². The molecule has 0 amide bonds. The Hall–Kier alpha value is -0.890. The van der Waals surface area contributed by atoms with Crippen molar-refractivity contribution in [1.82, 2.24) is 5.32 Å². The first-order chi connectivity index (χ1) is 8.48. The summed E-state index contributed by atoms with van der Waals surface area (Å²) < 4.78 is 13.7. The highest BCUT2D eigenvalue weighted by Crippen LogP contribution is 2.36. The van der Waals surface area contributed by atoms with E-state index in [1.165, 1.54) is 25.7 Å². The van der Waals surface area contributed by atoms with Crippen LogP contribution >= 0.6 is 0 Å². The normalized spacial score (nSPS) is 24.8. The van der Waals surface area contributed by atoms with E-state index < -0.39 is 0 Å². The molecule has 18 heavy (non-hydrogen) atoms. The van der Waals surface area contributed by atoms with Gasteiger partial charge in [0.05, 0.1) is 0 Å². The van der Waals surface area contributed by atoms with Crippen LogP contribution in [-0.4, -0.2) is 6.04 Å². The van der Waals surface area contributed by atoms with Gasteiger partial charge >= 0.3 is 0 Å². The van der Waals surface area contributed by atoms with E-state index in [4.69, 9.17) is 0 Å². The Morgan fingerprint density at radius 2 is 2.06 bits per heavy atom. The highest BCUT2D eigenvalue weighted by molar-refractivity contribution is 5.20. The van der Waals surface area contributed by atoms with Gasteiger partial charge < -0.3 is 5.32 Å². The number of halogens is 1. The molecule has 1 N–H and O–H groups in total. The largest absolute Gasteiger partial charge is 0.307 e. The minimum absolute atomic E-state index is 0.0881. The van der Waals surface area contributed by atoms with Gasteiger partial charge in [-0.1, -0.05) is 38.5 Å². The third kappa shape index (κ3) is 3.32. The van der Waals surface area contributed by atoms with Crippen molar-refractivity contribution in [1.29, 1.82) is 0 Å². The summed E-state index contributed by atoms with van der Waals surface area (Å²) in [7, 11) is 0. The lowest BCUT2D eigenvalue weighted by Crippen LogP contribution is -2.38. The standard InChI is InChI=1S/C16H24FN/c1-12(14-8-4-5-9-15(14)17)18-13-7-6-10-16(2,3)11-13/h4-5,8-9,12-13,18H,6-7,10-11H2,1-3H3/t12-,13?/m1/s1. The smallest absolute Gasteiger partial charge is 0.127 e. The summed E-state index contributed by atoms with van der Waals surface area (Å²) in [6.07, 6.45) is 4.97. The molecule has 0 aromatic heterocycles. The van der Waals surface area contributed by atoms with Crippen LogP contribution in [0.4, 0.5) is 4.39 Å². The summed E-state index contributed by atoms with van der Waals surface area (Å²) >= 11 is 0. The number of benzene rings is 1. The van der Waals surface area contributed by atoms with Gasteiger partial charge in [0.1, 0.15) is 5.82 Å². The van der Waals surface area contributed by atoms with E-state index in [-0.39, 0.29) is 11.9 Å². The summed E-state index contributed by atoms with van der Waals surface area (Å²) in [5, 5.41) is 3.59. The second kappa shape index (κ2) is 5.40. The lowest BCUT2D eigenvalue weighted by molar-refractivity contribution is 0.190. The molecule has 1 unspecified atom stereocenters. The fourth-order valence-electron chi connectivity index (χ4n) is 3.11. The monoisotopic (exact) mass is 249 g/mol. The molecule has 1 aromatic rings. The van der Waals surface area contributed by atoms with Crippen molar-refractivity contribution in [3.05, 3.63) is 35.6 Å². The SMILES string of the molecule is C[C@@H](NC1CCCC(C)(C)C1)c1ccccc1F. The van der Waals surface area contributed by atoms with Gasteiger partial charge in [-0.25, -0.2) is 4.39 Å². The Kier molecular flexibility index (Phi) is 4.06. The predicted octanol–water partition coefficient (Wildman–Crippen LogP) is 4.45. The lowest BCUT2D eigenvalue weighted by Gasteiger charge is -2.37. The number of hydrogen-bond acceptors (Lipinski definition) is 1. The Labute approximate surface area is 110 Å². The van der Waals surface area contributed by atoms with Gasteiger partial charge in [-0.15, -0.1) is 0 Å². The molecule has 1 fully saturated rings. The van der Waals surface area contributed by atoms with Gasteiger partial charge in [-0.3, -0.25) is 0 Å². The van der Waals surface area contributed by atoms with Crippen LogP contribution in [0.25, 0.3) is 0 Å². The summed E-state index contributed by atoms with van der Waals surface area (Å²) in [4.78, 5) is 0. The summed E-state index contributed by atoms with van der Waals surface area (Å²) in [6.45, 7) is 6.71. The van der Waals surface area contributed by atoms with Crippen molar-refractivity contribution >= 4 is 0 Å². The Bertz CT molecular complexity index is 400. The predicted molar refractivity (Wildman–Crippen MR) is 74.0 cm³/mol. The van der Waals surface area contributed by atoms with Gasteiger partial charge in [-0.2, -0.15) is 0 Å². The number of hydrogen-bond donors (Lipinski definition) is 1. The minimum Gasteiger partial charge on any atom is -0.307 e. The van der Waals surface area contributed by atoms with Crippen LogP contribution in [0, 0.1) is 11.2 Å². The molecular formula is C16H24FN. The first kappa shape index (κ1) is 13.5. The van der Waals surface area contributed by atoms with Crippen LogP contribution in [0.5, 0.6) is 0 Å². The van der Waals surface area contributed by atoms with E-state index in [0.717, 1.165) is 5.56 Å². The summed E-state index contributed by atoms with van der Waals surface area (Å²) in [5.41, 5.74) is 1.20. The molecule has 1 nitrogen and oxygen atoms in total. The molecule has 0 bridgehead atoms. The van der Waals surface area contributed by atoms with Crippen molar-refractivity contribution in [2.45, 2.75) is 58.5 Å². The molecule has 1 aliphatic carbocycles. The third-order valence-corrected chi connectivity index (χ3v) is 4.06. The van der Waals surface area contributed by atoms with Crippen molar-refractivity contribution in [3.8, 4) is 0 Å². The average Bonchev–Trinajstić information content (AvgIpc) is 2.28. The van der Waals surface area contributed by atoms with E-state index >= 15 is 0 Å². The van der Waals surface area contributed by atoms with Gasteiger partial charge in [0.15, 0.2) is 0 Å². The highest BCUT2D eigenvalue weighted by atomic mass is 19.1. The third-order valence-electron chi connectivity index (χ3n) is 4.06. The zero-order valence-electron chi connectivity index (χ0n) is 11.7.